The van der Waals surface area contributed by atoms with Crippen molar-refractivity contribution in [2.75, 3.05) is 26.2 Å². The largest absolute Gasteiger partial charge is 0.297 e. The van der Waals surface area contributed by atoms with Gasteiger partial charge in [-0.05, 0) is 59.0 Å². The number of rotatable bonds is 1. The molecule has 0 aromatic carbocycles. The lowest BCUT2D eigenvalue weighted by atomic mass is 9.92. The molecule has 2 aliphatic heterocycles. The van der Waals surface area contributed by atoms with Gasteiger partial charge in [0.1, 0.15) is 6.17 Å². The third-order valence-corrected chi connectivity index (χ3v) is 4.76. The molecule has 2 saturated heterocycles. The van der Waals surface area contributed by atoms with Gasteiger partial charge >= 0.3 is 0 Å². The average molecular weight is 256 g/mol. The number of halogens is 1. The Bertz CT molecular complexity index is 274. The van der Waals surface area contributed by atoms with Crippen LogP contribution in [0.5, 0.6) is 0 Å². The zero-order valence-electron chi connectivity index (χ0n) is 12.5. The van der Waals surface area contributed by atoms with Crippen LogP contribution < -0.4 is 0 Å². The molecule has 3 heteroatoms. The van der Waals surface area contributed by atoms with Crippen LogP contribution in [0, 0.1) is 5.92 Å². The van der Waals surface area contributed by atoms with Crippen molar-refractivity contribution in [3.8, 4) is 0 Å². The summed E-state index contributed by atoms with van der Waals surface area (Å²) in [5.41, 5.74) is 0.247. The van der Waals surface area contributed by atoms with Gasteiger partial charge in [0.25, 0.3) is 0 Å². The third kappa shape index (κ3) is 3.24. The van der Waals surface area contributed by atoms with Crippen LogP contribution in [0.25, 0.3) is 0 Å². The normalized spacial score (nSPS) is 36.8. The number of alkyl halides is 1. The summed E-state index contributed by atoms with van der Waals surface area (Å²) in [6, 6.07) is 0.573. The minimum absolute atomic E-state index is 0.247. The molecule has 2 nitrogen and oxygen atoms in total. The topological polar surface area (TPSA) is 6.48 Å². The van der Waals surface area contributed by atoms with Crippen molar-refractivity contribution in [3.05, 3.63) is 0 Å². The molecule has 2 heterocycles. The lowest BCUT2D eigenvalue weighted by Crippen LogP contribution is -2.56. The summed E-state index contributed by atoms with van der Waals surface area (Å²) in [4.78, 5) is 4.97. The van der Waals surface area contributed by atoms with Crippen LogP contribution in [-0.4, -0.2) is 53.7 Å². The SMILES string of the molecule is C[C@@H]1CCN(C2CCCN(C(C)(C)C)C2)C[C@H]1F. The molecule has 2 fully saturated rings. The lowest BCUT2D eigenvalue weighted by Gasteiger charge is -2.47. The van der Waals surface area contributed by atoms with Gasteiger partial charge in [0.15, 0.2) is 0 Å². The quantitative estimate of drug-likeness (QED) is 0.712. The van der Waals surface area contributed by atoms with Crippen LogP contribution in [0.3, 0.4) is 0 Å². The Labute approximate surface area is 112 Å². The molecule has 0 bridgehead atoms. The molecule has 3 atom stereocenters. The number of nitrogens with zero attached hydrogens (tertiary/aromatic N) is 2. The van der Waals surface area contributed by atoms with Crippen LogP contribution in [0.4, 0.5) is 4.39 Å². The van der Waals surface area contributed by atoms with E-state index in [1.54, 1.807) is 0 Å². The highest BCUT2D eigenvalue weighted by molar-refractivity contribution is 4.89. The Kier molecular flexibility index (Phi) is 4.32. The molecule has 0 N–H and O–H groups in total. The molecular weight excluding hydrogens is 227 g/mol. The molecule has 106 valence electrons. The van der Waals surface area contributed by atoms with Gasteiger partial charge in [-0.1, -0.05) is 6.92 Å². The Hall–Kier alpha value is -0.150. The van der Waals surface area contributed by atoms with Crippen LogP contribution in [0.2, 0.25) is 0 Å². The van der Waals surface area contributed by atoms with Crippen LogP contribution in [0.15, 0.2) is 0 Å². The molecule has 0 aromatic heterocycles. The summed E-state index contributed by atoms with van der Waals surface area (Å²) in [5.74, 6) is 0.253. The highest BCUT2D eigenvalue weighted by Gasteiger charge is 2.34. The van der Waals surface area contributed by atoms with E-state index in [1.807, 2.05) is 6.92 Å². The van der Waals surface area contributed by atoms with E-state index in [1.165, 1.54) is 19.4 Å². The van der Waals surface area contributed by atoms with Crippen molar-refractivity contribution in [3.63, 3.8) is 0 Å². The maximum absolute atomic E-state index is 13.9. The zero-order valence-corrected chi connectivity index (χ0v) is 12.5. The lowest BCUT2D eigenvalue weighted by molar-refractivity contribution is 0.00640. The van der Waals surface area contributed by atoms with Crippen LogP contribution in [0.1, 0.15) is 47.0 Å². The van der Waals surface area contributed by atoms with Gasteiger partial charge in [-0.2, -0.15) is 0 Å². The number of likely N-dealkylation sites (tertiary alicyclic amines) is 2. The van der Waals surface area contributed by atoms with E-state index < -0.39 is 6.17 Å². The predicted molar refractivity (Wildman–Crippen MR) is 74.6 cm³/mol. The highest BCUT2D eigenvalue weighted by atomic mass is 19.1. The van der Waals surface area contributed by atoms with Gasteiger partial charge in [-0.15, -0.1) is 0 Å². The second-order valence-electron chi connectivity index (χ2n) is 7.19. The molecule has 0 aromatic rings. The highest BCUT2D eigenvalue weighted by Crippen LogP contribution is 2.27. The Morgan fingerprint density at radius 2 is 1.78 bits per heavy atom. The van der Waals surface area contributed by atoms with Crippen LogP contribution >= 0.6 is 0 Å². The van der Waals surface area contributed by atoms with E-state index in [0.717, 1.165) is 19.5 Å². The Morgan fingerprint density at radius 3 is 2.39 bits per heavy atom. The number of hydrogen-bond donors (Lipinski definition) is 0. The minimum Gasteiger partial charge on any atom is -0.297 e. The van der Waals surface area contributed by atoms with Crippen molar-refractivity contribution in [2.45, 2.75) is 64.7 Å². The standard InChI is InChI=1S/C15H29FN2/c1-12-7-9-17(11-14(12)16)13-6-5-8-18(10-13)15(2,3)4/h12-14H,5-11H2,1-4H3/t12-,13?,14-/m1/s1. The first kappa shape index (κ1) is 14.3. The monoisotopic (exact) mass is 256 g/mol. The smallest absolute Gasteiger partial charge is 0.115 e. The summed E-state index contributed by atoms with van der Waals surface area (Å²) in [6.07, 6.45) is 2.90. The van der Waals surface area contributed by atoms with Gasteiger partial charge in [-0.25, -0.2) is 4.39 Å². The second-order valence-corrected chi connectivity index (χ2v) is 7.19. The fourth-order valence-electron chi connectivity index (χ4n) is 3.24. The van der Waals surface area contributed by atoms with Crippen molar-refractivity contribution in [1.82, 2.24) is 9.80 Å². The summed E-state index contributed by atoms with van der Waals surface area (Å²) in [7, 11) is 0. The number of hydrogen-bond acceptors (Lipinski definition) is 2. The summed E-state index contributed by atoms with van der Waals surface area (Å²) in [5, 5.41) is 0. The van der Waals surface area contributed by atoms with E-state index >= 15 is 0 Å². The molecule has 2 rings (SSSR count). The van der Waals surface area contributed by atoms with Crippen molar-refractivity contribution in [1.29, 1.82) is 0 Å². The number of piperidine rings is 2. The molecule has 18 heavy (non-hydrogen) atoms. The molecule has 1 unspecified atom stereocenters. The third-order valence-electron chi connectivity index (χ3n) is 4.76. The van der Waals surface area contributed by atoms with E-state index in [-0.39, 0.29) is 11.5 Å². The van der Waals surface area contributed by atoms with Gasteiger partial charge < -0.3 is 0 Å². The van der Waals surface area contributed by atoms with Gasteiger partial charge in [0.05, 0.1) is 0 Å². The van der Waals surface area contributed by atoms with E-state index in [9.17, 15) is 4.39 Å². The average Bonchev–Trinajstić information content (AvgIpc) is 2.32. The zero-order chi connectivity index (χ0) is 13.3. The van der Waals surface area contributed by atoms with E-state index in [4.69, 9.17) is 0 Å². The maximum Gasteiger partial charge on any atom is 0.115 e. The predicted octanol–water partition coefficient (Wildman–Crippen LogP) is 2.93. The molecule has 0 saturated carbocycles. The van der Waals surface area contributed by atoms with Gasteiger partial charge in [0.2, 0.25) is 0 Å². The minimum atomic E-state index is -0.622. The van der Waals surface area contributed by atoms with E-state index in [0.29, 0.717) is 12.6 Å². The van der Waals surface area contributed by atoms with Crippen molar-refractivity contribution in [2.24, 2.45) is 5.92 Å². The summed E-state index contributed by atoms with van der Waals surface area (Å²) >= 11 is 0. The molecule has 0 spiro atoms. The Morgan fingerprint density at radius 1 is 1.06 bits per heavy atom. The summed E-state index contributed by atoms with van der Waals surface area (Å²) in [6.45, 7) is 13.0. The second kappa shape index (κ2) is 5.46. The van der Waals surface area contributed by atoms with E-state index in [2.05, 4.69) is 30.6 Å². The fraction of sp³-hybridized carbons (Fsp3) is 1.00. The van der Waals surface area contributed by atoms with Crippen LogP contribution in [-0.2, 0) is 0 Å². The molecular formula is C15H29FN2. The Balaban J connectivity index is 1.93. The van der Waals surface area contributed by atoms with Crippen molar-refractivity contribution < 1.29 is 4.39 Å². The first-order valence-corrected chi connectivity index (χ1v) is 7.51. The summed E-state index contributed by atoms with van der Waals surface area (Å²) < 4.78 is 13.9. The first-order valence-electron chi connectivity index (χ1n) is 7.51. The molecule has 0 radical (unpaired) electrons. The first-order chi connectivity index (χ1) is 8.38. The van der Waals surface area contributed by atoms with Gasteiger partial charge in [0, 0.05) is 24.7 Å². The van der Waals surface area contributed by atoms with Gasteiger partial charge in [-0.3, -0.25) is 9.80 Å². The molecule has 0 amide bonds. The van der Waals surface area contributed by atoms with Crippen molar-refractivity contribution >= 4 is 0 Å². The maximum atomic E-state index is 13.9. The molecule has 0 aliphatic carbocycles. The fourth-order valence-corrected chi connectivity index (χ4v) is 3.24. The molecule has 2 aliphatic rings.